The van der Waals surface area contributed by atoms with Crippen LogP contribution in [0.15, 0.2) is 24.3 Å². The number of benzene rings is 1. The van der Waals surface area contributed by atoms with Crippen molar-refractivity contribution in [2.45, 2.75) is 25.8 Å². The van der Waals surface area contributed by atoms with Crippen molar-refractivity contribution in [3.63, 3.8) is 0 Å². The zero-order chi connectivity index (χ0) is 15.2. The molecule has 2 N–H and O–H groups in total. The molecule has 2 amide bonds. The molecule has 1 heterocycles. The summed E-state index contributed by atoms with van der Waals surface area (Å²) >= 11 is 4.09. The molecule has 1 saturated heterocycles. The highest BCUT2D eigenvalue weighted by molar-refractivity contribution is 7.80. The number of anilines is 2. The van der Waals surface area contributed by atoms with Gasteiger partial charge in [0, 0.05) is 37.1 Å². The minimum absolute atomic E-state index is 0.242. The molecule has 1 aromatic rings. The third kappa shape index (κ3) is 4.39. The molecule has 0 aromatic heterocycles. The van der Waals surface area contributed by atoms with E-state index in [-0.39, 0.29) is 17.6 Å². The number of nitrogens with zero attached hydrogens (tertiary/aromatic N) is 1. The quantitative estimate of drug-likeness (QED) is 0.725. The molecule has 6 heteroatoms. The van der Waals surface area contributed by atoms with Crippen molar-refractivity contribution < 1.29 is 9.59 Å². The lowest BCUT2D eigenvalue weighted by Gasteiger charge is -2.19. The van der Waals surface area contributed by atoms with Crippen LogP contribution in [-0.4, -0.2) is 36.7 Å². The fourth-order valence-electron chi connectivity index (χ4n) is 2.40. The van der Waals surface area contributed by atoms with Crippen LogP contribution in [-0.2, 0) is 9.59 Å². The van der Waals surface area contributed by atoms with E-state index in [0.717, 1.165) is 18.8 Å². The monoisotopic (exact) mass is 307 g/mol. The second-order valence-electron chi connectivity index (χ2n) is 5.17. The molecular weight excluding hydrogens is 286 g/mol. The predicted molar refractivity (Wildman–Crippen MR) is 88.0 cm³/mol. The van der Waals surface area contributed by atoms with Gasteiger partial charge in [0.25, 0.3) is 0 Å². The number of carbonyl (C=O) groups excluding carboxylic acids is 2. The molecule has 1 aliphatic rings. The Bertz CT molecular complexity index is 498. The molecule has 2 rings (SSSR count). The van der Waals surface area contributed by atoms with Crippen molar-refractivity contribution in [1.82, 2.24) is 5.32 Å². The summed E-state index contributed by atoms with van der Waals surface area (Å²) in [5.41, 5.74) is 1.90. The molecule has 1 aliphatic heterocycles. The van der Waals surface area contributed by atoms with Crippen LogP contribution in [0.3, 0.4) is 0 Å². The summed E-state index contributed by atoms with van der Waals surface area (Å²) in [6, 6.07) is 7.16. The van der Waals surface area contributed by atoms with Gasteiger partial charge in [0.1, 0.15) is 6.04 Å². The Morgan fingerprint density at radius 1 is 1.24 bits per heavy atom. The van der Waals surface area contributed by atoms with Gasteiger partial charge in [0.15, 0.2) is 0 Å². The van der Waals surface area contributed by atoms with Gasteiger partial charge < -0.3 is 15.5 Å². The van der Waals surface area contributed by atoms with Crippen molar-refractivity contribution in [3.8, 4) is 0 Å². The lowest BCUT2D eigenvalue weighted by molar-refractivity contribution is -0.124. The molecule has 1 aromatic carbocycles. The number of nitrogens with one attached hydrogen (secondary N) is 2. The van der Waals surface area contributed by atoms with Gasteiger partial charge >= 0.3 is 0 Å². The SMILES string of the molecule is CC(=O)NC(CS)C(=O)Nc1ccc(N2CCCC2)cc1. The summed E-state index contributed by atoms with van der Waals surface area (Å²) in [5.74, 6) is -0.236. The summed E-state index contributed by atoms with van der Waals surface area (Å²) in [6.45, 7) is 3.57. The Kier molecular flexibility index (Phi) is 5.50. The molecule has 114 valence electrons. The smallest absolute Gasteiger partial charge is 0.247 e. The standard InChI is InChI=1S/C15H21N3O2S/c1-11(19)16-14(10-21)15(20)17-12-4-6-13(7-5-12)18-8-2-3-9-18/h4-7,14,21H,2-3,8-10H2,1H3,(H,16,19)(H,17,20). The number of hydrogen-bond acceptors (Lipinski definition) is 4. The fourth-order valence-corrected chi connectivity index (χ4v) is 2.66. The van der Waals surface area contributed by atoms with Crippen LogP contribution in [0.1, 0.15) is 19.8 Å². The van der Waals surface area contributed by atoms with E-state index >= 15 is 0 Å². The summed E-state index contributed by atoms with van der Waals surface area (Å²) < 4.78 is 0. The predicted octanol–water partition coefficient (Wildman–Crippen LogP) is 1.66. The highest BCUT2D eigenvalue weighted by atomic mass is 32.1. The maximum Gasteiger partial charge on any atom is 0.247 e. The van der Waals surface area contributed by atoms with E-state index in [4.69, 9.17) is 0 Å². The van der Waals surface area contributed by atoms with Gasteiger partial charge in [0.05, 0.1) is 0 Å². The van der Waals surface area contributed by atoms with E-state index in [9.17, 15) is 9.59 Å². The third-order valence-corrected chi connectivity index (χ3v) is 3.85. The summed E-state index contributed by atoms with van der Waals surface area (Å²) in [6.07, 6.45) is 2.47. The Hall–Kier alpha value is -1.69. The van der Waals surface area contributed by atoms with Crippen LogP contribution in [0.2, 0.25) is 0 Å². The van der Waals surface area contributed by atoms with Crippen LogP contribution in [0.4, 0.5) is 11.4 Å². The molecule has 0 spiro atoms. The molecule has 0 bridgehead atoms. The minimum Gasteiger partial charge on any atom is -0.372 e. The summed E-state index contributed by atoms with van der Waals surface area (Å²) in [4.78, 5) is 25.4. The molecule has 1 unspecified atom stereocenters. The van der Waals surface area contributed by atoms with Gasteiger partial charge in [-0.1, -0.05) is 0 Å². The Balaban J connectivity index is 1.95. The van der Waals surface area contributed by atoms with Crippen molar-refractivity contribution in [2.24, 2.45) is 0 Å². The topological polar surface area (TPSA) is 61.4 Å². The van der Waals surface area contributed by atoms with Crippen molar-refractivity contribution in [3.05, 3.63) is 24.3 Å². The van der Waals surface area contributed by atoms with E-state index in [2.05, 4.69) is 28.2 Å². The molecule has 0 radical (unpaired) electrons. The Labute approximate surface area is 130 Å². The van der Waals surface area contributed by atoms with E-state index in [1.165, 1.54) is 25.5 Å². The van der Waals surface area contributed by atoms with Crippen LogP contribution in [0.25, 0.3) is 0 Å². The third-order valence-electron chi connectivity index (χ3n) is 3.48. The van der Waals surface area contributed by atoms with E-state index in [0.29, 0.717) is 0 Å². The van der Waals surface area contributed by atoms with Gasteiger partial charge in [-0.15, -0.1) is 0 Å². The first-order chi connectivity index (χ1) is 10.1. The maximum atomic E-state index is 12.0. The molecule has 5 nitrogen and oxygen atoms in total. The largest absolute Gasteiger partial charge is 0.372 e. The number of rotatable bonds is 5. The van der Waals surface area contributed by atoms with E-state index in [1.807, 2.05) is 24.3 Å². The van der Waals surface area contributed by atoms with Gasteiger partial charge in [-0.05, 0) is 37.1 Å². The van der Waals surface area contributed by atoms with E-state index in [1.54, 1.807) is 0 Å². The van der Waals surface area contributed by atoms with Crippen molar-refractivity contribution >= 4 is 35.8 Å². The summed E-state index contributed by atoms with van der Waals surface area (Å²) in [7, 11) is 0. The second-order valence-corrected chi connectivity index (χ2v) is 5.53. The molecule has 1 atom stereocenters. The average molecular weight is 307 g/mol. The van der Waals surface area contributed by atoms with Gasteiger partial charge in [-0.3, -0.25) is 9.59 Å². The number of thiol groups is 1. The van der Waals surface area contributed by atoms with Crippen molar-refractivity contribution in [2.75, 3.05) is 29.1 Å². The normalized spacial score (nSPS) is 15.6. The van der Waals surface area contributed by atoms with Gasteiger partial charge in [-0.2, -0.15) is 12.6 Å². The maximum absolute atomic E-state index is 12.0. The zero-order valence-electron chi connectivity index (χ0n) is 12.1. The van der Waals surface area contributed by atoms with Crippen LogP contribution >= 0.6 is 12.6 Å². The molecule has 0 aliphatic carbocycles. The molecule has 21 heavy (non-hydrogen) atoms. The highest BCUT2D eigenvalue weighted by Gasteiger charge is 2.18. The number of hydrogen-bond donors (Lipinski definition) is 3. The van der Waals surface area contributed by atoms with Crippen LogP contribution in [0.5, 0.6) is 0 Å². The molecular formula is C15H21N3O2S. The van der Waals surface area contributed by atoms with Crippen LogP contribution < -0.4 is 15.5 Å². The molecule has 1 fully saturated rings. The lowest BCUT2D eigenvalue weighted by atomic mass is 10.2. The lowest BCUT2D eigenvalue weighted by Crippen LogP contribution is -2.44. The fraction of sp³-hybridized carbons (Fsp3) is 0.467. The van der Waals surface area contributed by atoms with Crippen molar-refractivity contribution in [1.29, 1.82) is 0 Å². The van der Waals surface area contributed by atoms with E-state index < -0.39 is 6.04 Å². The second kappa shape index (κ2) is 7.36. The minimum atomic E-state index is -0.621. The van der Waals surface area contributed by atoms with Gasteiger partial charge in [-0.25, -0.2) is 0 Å². The average Bonchev–Trinajstić information content (AvgIpc) is 2.99. The number of amides is 2. The molecule has 0 saturated carbocycles. The van der Waals surface area contributed by atoms with Gasteiger partial charge in [0.2, 0.25) is 11.8 Å². The number of carbonyl (C=O) groups is 2. The first kappa shape index (κ1) is 15.7. The zero-order valence-corrected chi connectivity index (χ0v) is 13.0. The first-order valence-electron chi connectivity index (χ1n) is 7.14. The summed E-state index contributed by atoms with van der Waals surface area (Å²) in [5, 5.41) is 5.37. The first-order valence-corrected chi connectivity index (χ1v) is 7.77. The Morgan fingerprint density at radius 2 is 1.86 bits per heavy atom. The van der Waals surface area contributed by atoms with Crippen LogP contribution in [0, 0.1) is 0 Å². The Morgan fingerprint density at radius 3 is 2.38 bits per heavy atom. The highest BCUT2D eigenvalue weighted by Crippen LogP contribution is 2.22.